The smallest absolute Gasteiger partial charge is 0.229 e. The Labute approximate surface area is 160 Å². The fraction of sp³-hybridized carbons (Fsp3) is 0.647. The van der Waals surface area contributed by atoms with Crippen LogP contribution in [-0.2, 0) is 16.1 Å². The zero-order valence-corrected chi connectivity index (χ0v) is 16.2. The Morgan fingerprint density at radius 1 is 1.37 bits per heavy atom. The third-order valence-corrected chi connectivity index (χ3v) is 6.05. The maximum absolute atomic E-state index is 12.9. The first-order chi connectivity index (χ1) is 13.0. The van der Waals surface area contributed by atoms with Gasteiger partial charge in [0.2, 0.25) is 22.8 Å². The van der Waals surface area contributed by atoms with Crippen LogP contribution in [0.4, 0.5) is 5.13 Å². The lowest BCUT2D eigenvalue weighted by Gasteiger charge is -2.22. The van der Waals surface area contributed by atoms with E-state index in [1.165, 1.54) is 17.8 Å². The average molecular weight is 390 g/mol. The molecule has 1 saturated carbocycles. The first kappa shape index (κ1) is 18.0. The van der Waals surface area contributed by atoms with Gasteiger partial charge in [0.25, 0.3) is 0 Å². The van der Waals surface area contributed by atoms with Crippen molar-refractivity contribution >= 4 is 28.3 Å². The number of nitrogens with zero attached hydrogens (tertiary/aromatic N) is 6. The van der Waals surface area contributed by atoms with Crippen molar-refractivity contribution in [3.05, 3.63) is 16.7 Å². The molecule has 1 unspecified atom stereocenters. The van der Waals surface area contributed by atoms with E-state index in [1.807, 2.05) is 13.8 Å². The molecule has 0 bridgehead atoms. The van der Waals surface area contributed by atoms with Crippen LogP contribution in [0.15, 0.2) is 4.52 Å². The van der Waals surface area contributed by atoms with Crippen molar-refractivity contribution in [2.24, 2.45) is 5.92 Å². The van der Waals surface area contributed by atoms with Gasteiger partial charge in [-0.2, -0.15) is 4.98 Å². The molecule has 3 heterocycles. The number of carbonyl (C=O) groups excluding carboxylic acids is 2. The second kappa shape index (κ2) is 7.34. The Morgan fingerprint density at radius 3 is 2.81 bits per heavy atom. The normalized spacial score (nSPS) is 20.1. The molecule has 2 amide bonds. The summed E-state index contributed by atoms with van der Waals surface area (Å²) in [6, 6.07) is 0. The van der Waals surface area contributed by atoms with Crippen LogP contribution in [0.5, 0.6) is 0 Å². The SMILES string of the molecule is CCN(Cc1noc(C2CCC2)n1)C(=O)C1CC(=O)N(c2nnc(C)s2)C1. The van der Waals surface area contributed by atoms with Crippen LogP contribution in [0.25, 0.3) is 0 Å². The Balaban J connectivity index is 1.41. The van der Waals surface area contributed by atoms with Crippen LogP contribution in [0.3, 0.4) is 0 Å². The maximum Gasteiger partial charge on any atom is 0.229 e. The summed E-state index contributed by atoms with van der Waals surface area (Å²) in [5.74, 6) is 1.02. The number of anilines is 1. The van der Waals surface area contributed by atoms with Crippen LogP contribution < -0.4 is 4.90 Å². The highest BCUT2D eigenvalue weighted by molar-refractivity contribution is 7.15. The minimum atomic E-state index is -0.389. The molecule has 9 nitrogen and oxygen atoms in total. The zero-order valence-electron chi connectivity index (χ0n) is 15.4. The quantitative estimate of drug-likeness (QED) is 0.741. The Hall–Kier alpha value is -2.36. The molecule has 1 saturated heterocycles. The van der Waals surface area contributed by atoms with Gasteiger partial charge in [-0.25, -0.2) is 0 Å². The molecule has 27 heavy (non-hydrogen) atoms. The third-order valence-electron chi connectivity index (χ3n) is 5.18. The first-order valence-electron chi connectivity index (χ1n) is 9.27. The monoisotopic (exact) mass is 390 g/mol. The number of rotatable bonds is 6. The molecule has 2 aromatic heterocycles. The van der Waals surface area contributed by atoms with E-state index in [1.54, 1.807) is 9.80 Å². The van der Waals surface area contributed by atoms with Crippen molar-refractivity contribution in [1.29, 1.82) is 0 Å². The van der Waals surface area contributed by atoms with Crippen molar-refractivity contribution in [2.75, 3.05) is 18.0 Å². The predicted molar refractivity (Wildman–Crippen MR) is 97.1 cm³/mol. The Kier molecular flexibility index (Phi) is 4.90. The van der Waals surface area contributed by atoms with E-state index in [0.29, 0.717) is 42.4 Å². The number of hydrogen-bond acceptors (Lipinski definition) is 8. The van der Waals surface area contributed by atoms with Crippen LogP contribution in [0, 0.1) is 12.8 Å². The number of aromatic nitrogens is 4. The summed E-state index contributed by atoms with van der Waals surface area (Å²) in [5.41, 5.74) is 0. The van der Waals surface area contributed by atoms with Gasteiger partial charge in [0.05, 0.1) is 12.5 Å². The van der Waals surface area contributed by atoms with Gasteiger partial charge in [-0.3, -0.25) is 14.5 Å². The molecule has 0 radical (unpaired) electrons. The first-order valence-corrected chi connectivity index (χ1v) is 10.1. The van der Waals surface area contributed by atoms with Gasteiger partial charge in [-0.05, 0) is 26.7 Å². The van der Waals surface area contributed by atoms with Crippen molar-refractivity contribution in [1.82, 2.24) is 25.2 Å². The lowest BCUT2D eigenvalue weighted by molar-refractivity contribution is -0.136. The Bertz CT molecular complexity index is 845. The largest absolute Gasteiger partial charge is 0.339 e. The molecule has 10 heteroatoms. The number of hydrogen-bond donors (Lipinski definition) is 0. The van der Waals surface area contributed by atoms with Gasteiger partial charge in [-0.1, -0.05) is 22.9 Å². The number of carbonyl (C=O) groups is 2. The fourth-order valence-corrected chi connectivity index (χ4v) is 4.09. The van der Waals surface area contributed by atoms with Gasteiger partial charge in [0.1, 0.15) is 5.01 Å². The van der Waals surface area contributed by atoms with Crippen LogP contribution in [-0.4, -0.2) is 50.1 Å². The number of amides is 2. The van der Waals surface area contributed by atoms with Crippen LogP contribution >= 0.6 is 11.3 Å². The lowest BCUT2D eigenvalue weighted by atomic mass is 9.85. The summed E-state index contributed by atoms with van der Waals surface area (Å²) in [6.45, 7) is 4.91. The molecule has 1 atom stereocenters. The minimum absolute atomic E-state index is 0.0652. The summed E-state index contributed by atoms with van der Waals surface area (Å²) in [6.07, 6.45) is 3.56. The van der Waals surface area contributed by atoms with Crippen molar-refractivity contribution in [3.8, 4) is 0 Å². The van der Waals surface area contributed by atoms with E-state index in [-0.39, 0.29) is 24.2 Å². The number of aryl methyl sites for hydroxylation is 1. The molecule has 2 fully saturated rings. The van der Waals surface area contributed by atoms with Gasteiger partial charge >= 0.3 is 0 Å². The summed E-state index contributed by atoms with van der Waals surface area (Å²) < 4.78 is 5.34. The third kappa shape index (κ3) is 3.58. The highest BCUT2D eigenvalue weighted by Crippen LogP contribution is 2.35. The average Bonchev–Trinajstić information content (AvgIpc) is 3.31. The van der Waals surface area contributed by atoms with E-state index < -0.39 is 0 Å². The van der Waals surface area contributed by atoms with E-state index in [9.17, 15) is 9.59 Å². The molecule has 1 aliphatic heterocycles. The van der Waals surface area contributed by atoms with E-state index in [0.717, 1.165) is 17.8 Å². The van der Waals surface area contributed by atoms with Crippen LogP contribution in [0.2, 0.25) is 0 Å². The van der Waals surface area contributed by atoms with Crippen LogP contribution in [0.1, 0.15) is 55.2 Å². The molecule has 0 spiro atoms. The lowest BCUT2D eigenvalue weighted by Crippen LogP contribution is -2.37. The van der Waals surface area contributed by atoms with Crippen molar-refractivity contribution < 1.29 is 14.1 Å². The fourth-order valence-electron chi connectivity index (χ4n) is 3.38. The standard InChI is InChI=1S/C17H22N6O3S/c1-3-22(9-13-18-15(26-21-13)11-5-4-6-11)16(25)12-7-14(24)23(8-12)17-20-19-10(2)27-17/h11-12H,3-9H2,1-2H3. The molecular formula is C17H22N6O3S. The molecule has 1 aliphatic carbocycles. The second-order valence-corrected chi connectivity index (χ2v) is 8.20. The highest BCUT2D eigenvalue weighted by atomic mass is 32.1. The van der Waals surface area contributed by atoms with Gasteiger partial charge in [-0.15, -0.1) is 10.2 Å². The minimum Gasteiger partial charge on any atom is -0.339 e. The van der Waals surface area contributed by atoms with Gasteiger partial charge in [0.15, 0.2) is 5.82 Å². The summed E-state index contributed by atoms with van der Waals surface area (Å²) in [7, 11) is 0. The van der Waals surface area contributed by atoms with E-state index in [4.69, 9.17) is 4.52 Å². The van der Waals surface area contributed by atoms with E-state index >= 15 is 0 Å². The highest BCUT2D eigenvalue weighted by Gasteiger charge is 2.38. The van der Waals surface area contributed by atoms with Gasteiger partial charge < -0.3 is 9.42 Å². The molecule has 0 N–H and O–H groups in total. The second-order valence-electron chi connectivity index (χ2n) is 7.04. The van der Waals surface area contributed by atoms with Gasteiger partial charge in [0, 0.05) is 25.4 Å². The predicted octanol–water partition coefficient (Wildman–Crippen LogP) is 1.90. The molecule has 4 rings (SSSR count). The molecule has 0 aromatic carbocycles. The maximum atomic E-state index is 12.9. The molecule has 144 valence electrons. The molecule has 2 aromatic rings. The van der Waals surface area contributed by atoms with Crippen molar-refractivity contribution in [3.63, 3.8) is 0 Å². The van der Waals surface area contributed by atoms with E-state index in [2.05, 4.69) is 20.3 Å². The zero-order chi connectivity index (χ0) is 19.0. The molecule has 2 aliphatic rings. The summed E-state index contributed by atoms with van der Waals surface area (Å²) in [4.78, 5) is 33.0. The Morgan fingerprint density at radius 2 is 2.19 bits per heavy atom. The summed E-state index contributed by atoms with van der Waals surface area (Å²) >= 11 is 1.36. The summed E-state index contributed by atoms with van der Waals surface area (Å²) in [5, 5.41) is 13.3. The molecular weight excluding hydrogens is 368 g/mol. The topological polar surface area (TPSA) is 105 Å². The van der Waals surface area contributed by atoms with Crippen molar-refractivity contribution in [2.45, 2.75) is 52.0 Å².